The molecule has 1 rings (SSSR count). The lowest BCUT2D eigenvalue weighted by Gasteiger charge is -2.12. The average molecular weight is 250 g/mol. The fraction of sp³-hybridized carbons (Fsp3) is 0.143. The van der Waals surface area contributed by atoms with Crippen LogP contribution in [0.2, 0.25) is 0 Å². The zero-order valence-electron chi connectivity index (χ0n) is 7.50. The third kappa shape index (κ3) is 2.99. The van der Waals surface area contributed by atoms with E-state index in [1.165, 1.54) is 6.92 Å². The van der Waals surface area contributed by atoms with E-state index in [9.17, 15) is 25.9 Å². The highest BCUT2D eigenvalue weighted by molar-refractivity contribution is 7.86. The Balaban J connectivity index is 3.57. The molecule has 0 fully saturated rings. The zero-order chi connectivity index (χ0) is 11.9. The van der Waals surface area contributed by atoms with Gasteiger partial charge in [-0.05, 0) is 30.7 Å². The smallest absolute Gasteiger partial charge is 0.124 e. The van der Waals surface area contributed by atoms with Crippen molar-refractivity contribution in [3.8, 4) is 0 Å². The summed E-state index contributed by atoms with van der Waals surface area (Å²) in [6.07, 6.45) is 0. The van der Waals surface area contributed by atoms with E-state index in [4.69, 9.17) is 0 Å². The molecule has 0 saturated carbocycles. The third-order valence-corrected chi connectivity index (χ3v) is 3.23. The summed E-state index contributed by atoms with van der Waals surface area (Å²) in [5.74, 6) is 0. The van der Waals surface area contributed by atoms with E-state index in [1.54, 1.807) is 0 Å². The third-order valence-electron chi connectivity index (χ3n) is 1.60. The Bertz CT molecular complexity index is 534. The molecular formula is C7H6O6S2-2. The molecule has 15 heavy (non-hydrogen) atoms. The lowest BCUT2D eigenvalue weighted by Crippen LogP contribution is -2.04. The van der Waals surface area contributed by atoms with Gasteiger partial charge in [-0.25, -0.2) is 16.8 Å². The summed E-state index contributed by atoms with van der Waals surface area (Å²) in [6, 6.07) is 2.55. The monoisotopic (exact) mass is 250 g/mol. The minimum absolute atomic E-state index is 0.210. The Morgan fingerprint density at radius 3 is 1.47 bits per heavy atom. The molecule has 84 valence electrons. The molecule has 0 aromatic heterocycles. The van der Waals surface area contributed by atoms with Crippen LogP contribution in [0.1, 0.15) is 5.56 Å². The summed E-state index contributed by atoms with van der Waals surface area (Å²) in [4.78, 5) is -1.45. The first kappa shape index (κ1) is 12.1. The van der Waals surface area contributed by atoms with Crippen molar-refractivity contribution in [3.05, 3.63) is 23.8 Å². The Morgan fingerprint density at radius 2 is 1.20 bits per heavy atom. The lowest BCUT2D eigenvalue weighted by molar-refractivity contribution is 0.461. The second-order valence-corrected chi connectivity index (χ2v) is 5.65. The molecule has 0 atom stereocenters. The topological polar surface area (TPSA) is 114 Å². The minimum atomic E-state index is -4.76. The van der Waals surface area contributed by atoms with Crippen LogP contribution in [0.4, 0.5) is 0 Å². The van der Waals surface area contributed by atoms with Gasteiger partial charge in [0.2, 0.25) is 0 Å². The largest absolute Gasteiger partial charge is 0.744 e. The number of hydrogen-bond acceptors (Lipinski definition) is 6. The SMILES string of the molecule is Cc1cc(S(=O)(=O)[O-])cc(S(=O)(=O)[O-])c1. The minimum Gasteiger partial charge on any atom is -0.744 e. The van der Waals surface area contributed by atoms with Crippen LogP contribution >= 0.6 is 0 Å². The highest BCUT2D eigenvalue weighted by Gasteiger charge is 2.08. The van der Waals surface area contributed by atoms with Gasteiger partial charge in [0.15, 0.2) is 0 Å². The molecule has 0 unspecified atom stereocenters. The van der Waals surface area contributed by atoms with Gasteiger partial charge in [0.1, 0.15) is 20.2 Å². The van der Waals surface area contributed by atoms with Gasteiger partial charge in [-0.2, -0.15) is 0 Å². The maximum atomic E-state index is 10.6. The first-order chi connectivity index (χ1) is 6.60. The standard InChI is InChI=1S/C7H8O6S2/c1-5-2-6(14(8,9)10)4-7(3-5)15(11,12)13/h2-4H,1H3,(H,8,9,10)(H,11,12,13)/p-2. The predicted molar refractivity (Wildman–Crippen MR) is 47.1 cm³/mol. The molecule has 0 saturated heterocycles. The van der Waals surface area contributed by atoms with Gasteiger partial charge >= 0.3 is 0 Å². The van der Waals surface area contributed by atoms with Crippen molar-refractivity contribution in [1.29, 1.82) is 0 Å². The van der Waals surface area contributed by atoms with Gasteiger partial charge in [0, 0.05) is 0 Å². The Hall–Kier alpha value is -0.960. The summed E-state index contributed by atoms with van der Waals surface area (Å²) < 4.78 is 63.7. The summed E-state index contributed by atoms with van der Waals surface area (Å²) in [5, 5.41) is 0. The van der Waals surface area contributed by atoms with E-state index in [0.717, 1.165) is 12.1 Å². The molecule has 1 aromatic rings. The summed E-state index contributed by atoms with van der Waals surface area (Å²) in [6.45, 7) is 1.38. The van der Waals surface area contributed by atoms with E-state index in [2.05, 4.69) is 0 Å². The molecule has 0 aliphatic rings. The normalized spacial score (nSPS) is 12.7. The van der Waals surface area contributed by atoms with Crippen LogP contribution in [0.25, 0.3) is 0 Å². The van der Waals surface area contributed by atoms with Crippen molar-refractivity contribution >= 4 is 20.2 Å². The molecule has 0 N–H and O–H groups in total. The molecule has 0 radical (unpaired) electrons. The van der Waals surface area contributed by atoms with Crippen LogP contribution in [-0.2, 0) is 20.2 Å². The molecule has 6 nitrogen and oxygen atoms in total. The Morgan fingerprint density at radius 1 is 0.867 bits per heavy atom. The molecule has 0 amide bonds. The number of aryl methyl sites for hydroxylation is 1. The molecule has 0 aliphatic heterocycles. The van der Waals surface area contributed by atoms with Crippen molar-refractivity contribution in [2.75, 3.05) is 0 Å². The van der Waals surface area contributed by atoms with E-state index in [1.807, 2.05) is 0 Å². The van der Waals surface area contributed by atoms with Crippen LogP contribution in [0, 0.1) is 6.92 Å². The second kappa shape index (κ2) is 3.56. The number of hydrogen-bond donors (Lipinski definition) is 0. The van der Waals surface area contributed by atoms with Gasteiger partial charge in [-0.15, -0.1) is 0 Å². The van der Waals surface area contributed by atoms with Crippen LogP contribution in [0.3, 0.4) is 0 Å². The molecule has 0 heterocycles. The van der Waals surface area contributed by atoms with Crippen molar-refractivity contribution in [2.45, 2.75) is 16.7 Å². The summed E-state index contributed by atoms with van der Waals surface area (Å²) in [5.41, 5.74) is 0.210. The Kier molecular flexibility index (Phi) is 2.88. The van der Waals surface area contributed by atoms with E-state index in [0.29, 0.717) is 6.07 Å². The molecule has 8 heteroatoms. The number of rotatable bonds is 2. The Labute approximate surface area is 87.1 Å². The average Bonchev–Trinajstić information content (AvgIpc) is 1.99. The first-order valence-corrected chi connectivity index (χ1v) is 6.46. The maximum Gasteiger partial charge on any atom is 0.124 e. The van der Waals surface area contributed by atoms with Crippen LogP contribution < -0.4 is 0 Å². The predicted octanol–water partition coefficient (Wildman–Crippen LogP) is -0.197. The van der Waals surface area contributed by atoms with Crippen LogP contribution in [-0.4, -0.2) is 25.9 Å². The van der Waals surface area contributed by atoms with Gasteiger partial charge in [0.25, 0.3) is 0 Å². The molecule has 0 bridgehead atoms. The van der Waals surface area contributed by atoms with Crippen molar-refractivity contribution < 1.29 is 25.9 Å². The summed E-state index contributed by atoms with van der Waals surface area (Å²) in [7, 11) is -9.52. The van der Waals surface area contributed by atoms with Crippen molar-refractivity contribution in [1.82, 2.24) is 0 Å². The van der Waals surface area contributed by atoms with Gasteiger partial charge in [-0.1, -0.05) is 0 Å². The van der Waals surface area contributed by atoms with E-state index in [-0.39, 0.29) is 5.56 Å². The highest BCUT2D eigenvalue weighted by atomic mass is 32.2. The molecular weight excluding hydrogens is 244 g/mol. The first-order valence-electron chi connectivity index (χ1n) is 3.64. The van der Waals surface area contributed by atoms with Crippen LogP contribution in [0.5, 0.6) is 0 Å². The summed E-state index contributed by atoms with van der Waals surface area (Å²) >= 11 is 0. The molecule has 0 aliphatic carbocycles. The van der Waals surface area contributed by atoms with Crippen molar-refractivity contribution in [2.24, 2.45) is 0 Å². The van der Waals surface area contributed by atoms with E-state index >= 15 is 0 Å². The van der Waals surface area contributed by atoms with Crippen LogP contribution in [0.15, 0.2) is 28.0 Å². The lowest BCUT2D eigenvalue weighted by atomic mass is 10.2. The van der Waals surface area contributed by atoms with Gasteiger partial charge < -0.3 is 9.11 Å². The maximum absolute atomic E-state index is 10.6. The second-order valence-electron chi connectivity index (χ2n) is 2.89. The molecule has 1 aromatic carbocycles. The fourth-order valence-electron chi connectivity index (χ4n) is 1.00. The quantitative estimate of drug-likeness (QED) is 0.671. The highest BCUT2D eigenvalue weighted by Crippen LogP contribution is 2.17. The number of benzene rings is 1. The molecule has 0 spiro atoms. The van der Waals surface area contributed by atoms with Crippen molar-refractivity contribution in [3.63, 3.8) is 0 Å². The van der Waals surface area contributed by atoms with Gasteiger partial charge in [-0.3, -0.25) is 0 Å². The van der Waals surface area contributed by atoms with E-state index < -0.39 is 30.0 Å². The zero-order valence-corrected chi connectivity index (χ0v) is 9.13. The van der Waals surface area contributed by atoms with Gasteiger partial charge in [0.05, 0.1) is 9.79 Å². The fourth-order valence-corrected chi connectivity index (χ4v) is 2.28.